The highest BCUT2D eigenvalue weighted by atomic mass is 35.5. The van der Waals surface area contributed by atoms with Crippen molar-refractivity contribution in [1.29, 1.82) is 0 Å². The van der Waals surface area contributed by atoms with E-state index in [0.29, 0.717) is 0 Å². The highest BCUT2D eigenvalue weighted by Crippen LogP contribution is 2.31. The molecule has 0 atom stereocenters. The Balaban J connectivity index is 1.95. The van der Waals surface area contributed by atoms with Crippen LogP contribution in [0.1, 0.15) is 28.5 Å². The Hall–Kier alpha value is -3.42. The zero-order valence-corrected chi connectivity index (χ0v) is 17.8. The van der Waals surface area contributed by atoms with Crippen LogP contribution in [-0.2, 0) is 16.1 Å². The molecule has 0 aliphatic heterocycles. The quantitative estimate of drug-likeness (QED) is 0.385. The summed E-state index contributed by atoms with van der Waals surface area (Å²) in [5, 5.41) is 5.18. The molecule has 2 aromatic carbocycles. The number of aromatic nitrogens is 1. The number of nitrogens with one attached hydrogen (secondary N) is 2. The van der Waals surface area contributed by atoms with E-state index in [1.165, 1.54) is 19.1 Å². The van der Waals surface area contributed by atoms with E-state index < -0.39 is 17.8 Å². The van der Waals surface area contributed by atoms with Crippen molar-refractivity contribution in [3.05, 3.63) is 87.7 Å². The van der Waals surface area contributed by atoms with E-state index in [2.05, 4.69) is 15.6 Å². The standard InChI is InChI=1S/C22H17Cl2N3O4/c1-13(28)25-17-11-18(24)26-20(21(29)15-9-5-6-10-16(15)23)19(17)27-22(30)31-12-14-7-3-2-4-8-14/h2-11H,12H2,1H3,(H,27,30)(H,25,26,28). The second-order valence-corrected chi connectivity index (χ2v) is 7.19. The van der Waals surface area contributed by atoms with Crippen molar-refractivity contribution in [2.75, 3.05) is 10.6 Å². The van der Waals surface area contributed by atoms with Gasteiger partial charge in [-0.05, 0) is 17.7 Å². The van der Waals surface area contributed by atoms with Gasteiger partial charge in [-0.3, -0.25) is 14.9 Å². The van der Waals surface area contributed by atoms with Crippen LogP contribution < -0.4 is 10.6 Å². The Morgan fingerprint density at radius 3 is 2.32 bits per heavy atom. The van der Waals surface area contributed by atoms with Gasteiger partial charge in [0.1, 0.15) is 17.5 Å². The van der Waals surface area contributed by atoms with Crippen molar-refractivity contribution >= 4 is 52.4 Å². The molecule has 0 spiro atoms. The molecule has 31 heavy (non-hydrogen) atoms. The normalized spacial score (nSPS) is 10.3. The first-order chi connectivity index (χ1) is 14.8. The van der Waals surface area contributed by atoms with Gasteiger partial charge in [0.15, 0.2) is 0 Å². The van der Waals surface area contributed by atoms with Crippen molar-refractivity contribution in [3.8, 4) is 0 Å². The minimum absolute atomic E-state index is 0.0109. The van der Waals surface area contributed by atoms with Crippen LogP contribution >= 0.6 is 23.2 Å². The molecule has 0 aliphatic rings. The Morgan fingerprint density at radius 1 is 0.968 bits per heavy atom. The maximum Gasteiger partial charge on any atom is 0.412 e. The SMILES string of the molecule is CC(=O)Nc1cc(Cl)nc(C(=O)c2ccccc2Cl)c1NC(=O)OCc1ccccc1. The first-order valence-electron chi connectivity index (χ1n) is 9.10. The fourth-order valence-corrected chi connectivity index (χ4v) is 3.14. The maximum atomic E-state index is 13.1. The van der Waals surface area contributed by atoms with E-state index in [1.54, 1.807) is 30.3 Å². The van der Waals surface area contributed by atoms with Gasteiger partial charge < -0.3 is 10.1 Å². The Kier molecular flexibility index (Phi) is 7.23. The number of pyridine rings is 1. The van der Waals surface area contributed by atoms with Crippen LogP contribution in [0.3, 0.4) is 0 Å². The monoisotopic (exact) mass is 457 g/mol. The second-order valence-electron chi connectivity index (χ2n) is 6.39. The molecule has 0 unspecified atom stereocenters. The number of halogens is 2. The summed E-state index contributed by atoms with van der Waals surface area (Å²) in [4.78, 5) is 41.3. The molecule has 2 amide bonds. The van der Waals surface area contributed by atoms with Crippen molar-refractivity contribution in [2.24, 2.45) is 0 Å². The number of hydrogen-bond acceptors (Lipinski definition) is 5. The molecule has 0 aliphatic carbocycles. The van der Waals surface area contributed by atoms with Crippen LogP contribution in [-0.4, -0.2) is 22.8 Å². The highest BCUT2D eigenvalue weighted by molar-refractivity contribution is 6.35. The highest BCUT2D eigenvalue weighted by Gasteiger charge is 2.24. The minimum Gasteiger partial charge on any atom is -0.444 e. The number of nitrogens with zero attached hydrogens (tertiary/aromatic N) is 1. The van der Waals surface area contributed by atoms with E-state index >= 15 is 0 Å². The van der Waals surface area contributed by atoms with Crippen LogP contribution in [0.2, 0.25) is 10.2 Å². The van der Waals surface area contributed by atoms with E-state index in [1.807, 2.05) is 18.2 Å². The van der Waals surface area contributed by atoms with E-state index in [0.717, 1.165) is 5.56 Å². The lowest BCUT2D eigenvalue weighted by atomic mass is 10.1. The summed E-state index contributed by atoms with van der Waals surface area (Å²) in [6.45, 7) is 1.29. The largest absolute Gasteiger partial charge is 0.444 e. The fourth-order valence-electron chi connectivity index (χ4n) is 2.73. The molecule has 7 nitrogen and oxygen atoms in total. The van der Waals surface area contributed by atoms with E-state index in [4.69, 9.17) is 27.9 Å². The fraction of sp³-hybridized carbons (Fsp3) is 0.0909. The third-order valence-corrected chi connectivity index (χ3v) is 4.60. The third kappa shape index (κ3) is 5.81. The zero-order chi connectivity index (χ0) is 22.4. The van der Waals surface area contributed by atoms with Crippen molar-refractivity contribution in [1.82, 2.24) is 4.98 Å². The van der Waals surface area contributed by atoms with Crippen LogP contribution in [0.4, 0.5) is 16.2 Å². The Labute approximate surface area is 188 Å². The second kappa shape index (κ2) is 10.1. The smallest absolute Gasteiger partial charge is 0.412 e. The maximum absolute atomic E-state index is 13.1. The average Bonchev–Trinajstić information content (AvgIpc) is 2.74. The molecular formula is C22H17Cl2N3O4. The molecule has 1 aromatic heterocycles. The Bertz CT molecular complexity index is 1140. The lowest BCUT2D eigenvalue weighted by Gasteiger charge is -2.16. The van der Waals surface area contributed by atoms with Gasteiger partial charge in [0, 0.05) is 18.6 Å². The molecular weight excluding hydrogens is 441 g/mol. The lowest BCUT2D eigenvalue weighted by Crippen LogP contribution is -2.20. The first-order valence-corrected chi connectivity index (χ1v) is 9.86. The molecule has 3 aromatic rings. The summed E-state index contributed by atoms with van der Waals surface area (Å²) < 4.78 is 5.23. The van der Waals surface area contributed by atoms with E-state index in [-0.39, 0.29) is 39.4 Å². The summed E-state index contributed by atoms with van der Waals surface area (Å²) in [7, 11) is 0. The van der Waals surface area contributed by atoms with E-state index in [9.17, 15) is 14.4 Å². The van der Waals surface area contributed by atoms with Gasteiger partial charge in [0.05, 0.1) is 16.4 Å². The predicted octanol–water partition coefficient (Wildman–Crippen LogP) is 5.33. The van der Waals surface area contributed by atoms with Gasteiger partial charge in [0.2, 0.25) is 11.7 Å². The van der Waals surface area contributed by atoms with Crippen LogP contribution in [0.25, 0.3) is 0 Å². The summed E-state index contributed by atoms with van der Waals surface area (Å²) in [5.74, 6) is -1.02. The Morgan fingerprint density at radius 2 is 1.65 bits per heavy atom. The predicted molar refractivity (Wildman–Crippen MR) is 119 cm³/mol. The third-order valence-electron chi connectivity index (χ3n) is 4.07. The zero-order valence-electron chi connectivity index (χ0n) is 16.3. The molecule has 0 fully saturated rings. The van der Waals surface area contributed by atoms with Gasteiger partial charge in [-0.1, -0.05) is 65.7 Å². The topological polar surface area (TPSA) is 97.4 Å². The number of rotatable bonds is 6. The number of ether oxygens (including phenoxy) is 1. The number of amides is 2. The number of ketones is 1. The molecule has 0 saturated heterocycles. The molecule has 2 N–H and O–H groups in total. The molecule has 1 heterocycles. The molecule has 0 radical (unpaired) electrons. The van der Waals surface area contributed by atoms with Gasteiger partial charge in [-0.15, -0.1) is 0 Å². The first kappa shape index (κ1) is 22.3. The molecule has 0 saturated carbocycles. The van der Waals surface area contributed by atoms with Crippen LogP contribution in [0, 0.1) is 0 Å². The number of anilines is 2. The minimum atomic E-state index is -0.840. The summed E-state index contributed by atoms with van der Waals surface area (Å²) >= 11 is 12.2. The van der Waals surface area contributed by atoms with Crippen LogP contribution in [0.15, 0.2) is 60.7 Å². The van der Waals surface area contributed by atoms with Gasteiger partial charge in [-0.25, -0.2) is 9.78 Å². The summed E-state index contributed by atoms with van der Waals surface area (Å²) in [5.41, 5.74) is 0.790. The number of hydrogen-bond donors (Lipinski definition) is 2. The number of carbonyl (C=O) groups is 3. The summed E-state index contributed by atoms with van der Waals surface area (Å²) in [6.07, 6.45) is -0.840. The molecule has 3 rings (SSSR count). The van der Waals surface area contributed by atoms with Crippen LogP contribution in [0.5, 0.6) is 0 Å². The van der Waals surface area contributed by atoms with Gasteiger partial charge >= 0.3 is 6.09 Å². The van der Waals surface area contributed by atoms with Crippen molar-refractivity contribution < 1.29 is 19.1 Å². The molecule has 158 valence electrons. The molecule has 9 heteroatoms. The number of carbonyl (C=O) groups excluding carboxylic acids is 3. The average molecular weight is 458 g/mol. The van der Waals surface area contributed by atoms with Crippen molar-refractivity contribution in [3.63, 3.8) is 0 Å². The number of benzene rings is 2. The summed E-state index contributed by atoms with van der Waals surface area (Å²) in [6, 6.07) is 16.8. The van der Waals surface area contributed by atoms with Gasteiger partial charge in [-0.2, -0.15) is 0 Å². The molecule has 0 bridgehead atoms. The van der Waals surface area contributed by atoms with Gasteiger partial charge in [0.25, 0.3) is 0 Å². The van der Waals surface area contributed by atoms with Crippen molar-refractivity contribution in [2.45, 2.75) is 13.5 Å². The lowest BCUT2D eigenvalue weighted by molar-refractivity contribution is -0.114.